The Morgan fingerprint density at radius 2 is 1.50 bits per heavy atom. The van der Waals surface area contributed by atoms with Gasteiger partial charge in [-0.05, 0) is 42.5 Å². The molecule has 0 radical (unpaired) electrons. The van der Waals surface area contributed by atoms with Gasteiger partial charge in [-0.3, -0.25) is 14.5 Å². The Labute approximate surface area is 181 Å². The molecule has 2 fully saturated rings. The predicted molar refractivity (Wildman–Crippen MR) is 115 cm³/mol. The van der Waals surface area contributed by atoms with E-state index in [0.717, 1.165) is 23.2 Å². The third-order valence-electron chi connectivity index (χ3n) is 5.23. The fourth-order valence-corrected chi connectivity index (χ4v) is 4.29. The molecule has 4 rings (SSSR count). The van der Waals surface area contributed by atoms with Crippen molar-refractivity contribution in [1.82, 2.24) is 4.90 Å². The normalized spacial score (nSPS) is 20.9. The molecular weight excluding hydrogens is 465 g/mol. The number of nitrogens with zero attached hydrogens (tertiary/aromatic N) is 3. The summed E-state index contributed by atoms with van der Waals surface area (Å²) in [7, 11) is 0. The molecule has 0 bridgehead atoms. The molecule has 5 nitrogen and oxygen atoms in total. The summed E-state index contributed by atoms with van der Waals surface area (Å²) in [5, 5.41) is 1.07. The Bertz CT molecular complexity index is 914. The van der Waals surface area contributed by atoms with Gasteiger partial charge in [0.15, 0.2) is 0 Å². The van der Waals surface area contributed by atoms with Crippen LogP contribution in [0.5, 0.6) is 0 Å². The molecule has 28 heavy (non-hydrogen) atoms. The lowest BCUT2D eigenvalue weighted by molar-refractivity contribution is -0.123. The lowest BCUT2D eigenvalue weighted by Gasteiger charge is -2.38. The Hall–Kier alpha value is -1.60. The standard InChI is InChI=1S/C20H18BrCl2N3O2/c21-13-1-3-14(4-2-13)26-19(27)12-18(20(26)28)25-9-7-24(8-10-25)15-5-6-16(22)17(23)11-15/h1-6,11,18H,7-10,12H2/t18-/m1/s1. The van der Waals surface area contributed by atoms with Crippen LogP contribution in [-0.2, 0) is 9.59 Å². The van der Waals surface area contributed by atoms with E-state index >= 15 is 0 Å². The van der Waals surface area contributed by atoms with Crippen LogP contribution < -0.4 is 9.80 Å². The average Bonchev–Trinajstić information content (AvgIpc) is 2.99. The Morgan fingerprint density at radius 3 is 2.14 bits per heavy atom. The summed E-state index contributed by atoms with van der Waals surface area (Å²) in [5.74, 6) is -0.292. The largest absolute Gasteiger partial charge is 0.369 e. The van der Waals surface area contributed by atoms with Crippen molar-refractivity contribution in [3.63, 3.8) is 0 Å². The van der Waals surface area contributed by atoms with Crippen LogP contribution in [0.3, 0.4) is 0 Å². The van der Waals surface area contributed by atoms with E-state index in [2.05, 4.69) is 25.7 Å². The van der Waals surface area contributed by atoms with Crippen molar-refractivity contribution in [3.05, 3.63) is 57.0 Å². The SMILES string of the molecule is O=C1C[C@@H](N2CCN(c3ccc(Cl)c(Cl)c3)CC2)C(=O)N1c1ccc(Br)cc1. The van der Waals surface area contributed by atoms with Gasteiger partial charge in [0.1, 0.15) is 0 Å². The summed E-state index contributed by atoms with van der Waals surface area (Å²) in [6, 6.07) is 12.4. The van der Waals surface area contributed by atoms with Gasteiger partial charge in [0.2, 0.25) is 5.91 Å². The number of rotatable bonds is 3. The lowest BCUT2D eigenvalue weighted by atomic mass is 10.1. The van der Waals surface area contributed by atoms with Crippen molar-refractivity contribution in [1.29, 1.82) is 0 Å². The average molecular weight is 483 g/mol. The van der Waals surface area contributed by atoms with E-state index in [0.29, 0.717) is 28.8 Å². The molecule has 1 atom stereocenters. The summed E-state index contributed by atoms with van der Waals surface area (Å²) in [6.45, 7) is 2.93. The topological polar surface area (TPSA) is 43.9 Å². The van der Waals surface area contributed by atoms with Crippen molar-refractivity contribution in [2.75, 3.05) is 36.0 Å². The minimum atomic E-state index is -0.396. The fourth-order valence-electron chi connectivity index (χ4n) is 3.74. The second kappa shape index (κ2) is 8.03. The van der Waals surface area contributed by atoms with E-state index in [1.807, 2.05) is 24.3 Å². The molecule has 146 valence electrons. The van der Waals surface area contributed by atoms with E-state index in [1.165, 1.54) is 4.90 Å². The van der Waals surface area contributed by atoms with Gasteiger partial charge in [0, 0.05) is 36.3 Å². The van der Waals surface area contributed by atoms with Crippen molar-refractivity contribution in [2.45, 2.75) is 12.5 Å². The maximum absolute atomic E-state index is 12.9. The second-order valence-corrected chi connectivity index (χ2v) is 8.62. The van der Waals surface area contributed by atoms with Crippen LogP contribution in [0.15, 0.2) is 46.9 Å². The van der Waals surface area contributed by atoms with Crippen LogP contribution in [0.25, 0.3) is 0 Å². The number of hydrogen-bond donors (Lipinski definition) is 0. The van der Waals surface area contributed by atoms with Gasteiger partial charge >= 0.3 is 0 Å². The van der Waals surface area contributed by atoms with Gasteiger partial charge in [-0.15, -0.1) is 0 Å². The number of imide groups is 1. The zero-order chi connectivity index (χ0) is 19.8. The molecule has 0 N–H and O–H groups in total. The molecule has 8 heteroatoms. The summed E-state index contributed by atoms with van der Waals surface area (Å²) in [4.78, 5) is 31.1. The van der Waals surface area contributed by atoms with E-state index < -0.39 is 6.04 Å². The van der Waals surface area contributed by atoms with Gasteiger partial charge in [-0.2, -0.15) is 0 Å². The minimum absolute atomic E-state index is 0.143. The third kappa shape index (κ3) is 3.79. The Kier molecular flexibility index (Phi) is 5.65. The number of carbonyl (C=O) groups excluding carboxylic acids is 2. The molecule has 0 saturated carbocycles. The number of amides is 2. The molecule has 0 spiro atoms. The maximum Gasteiger partial charge on any atom is 0.251 e. The Morgan fingerprint density at radius 1 is 0.857 bits per heavy atom. The molecular formula is C20H18BrCl2N3O2. The predicted octanol–water partition coefficient (Wildman–Crippen LogP) is 4.21. The van der Waals surface area contributed by atoms with E-state index in [4.69, 9.17) is 23.2 Å². The van der Waals surface area contributed by atoms with Crippen LogP contribution >= 0.6 is 39.1 Å². The first-order chi connectivity index (χ1) is 13.4. The number of anilines is 2. The van der Waals surface area contributed by atoms with Crippen LogP contribution in [0.4, 0.5) is 11.4 Å². The molecule has 2 saturated heterocycles. The smallest absolute Gasteiger partial charge is 0.251 e. The molecule has 2 aliphatic rings. The molecule has 0 aliphatic carbocycles. The number of piperazine rings is 1. The highest BCUT2D eigenvalue weighted by Crippen LogP contribution is 2.30. The highest BCUT2D eigenvalue weighted by atomic mass is 79.9. The van der Waals surface area contributed by atoms with Crippen LogP contribution in [0, 0.1) is 0 Å². The van der Waals surface area contributed by atoms with Gasteiger partial charge in [0.25, 0.3) is 5.91 Å². The van der Waals surface area contributed by atoms with E-state index in [1.54, 1.807) is 18.2 Å². The molecule has 0 unspecified atom stereocenters. The first-order valence-electron chi connectivity index (χ1n) is 9.00. The molecule has 2 aromatic carbocycles. The molecule has 2 aliphatic heterocycles. The van der Waals surface area contributed by atoms with Gasteiger partial charge in [-0.25, -0.2) is 4.90 Å². The van der Waals surface area contributed by atoms with Crippen LogP contribution in [-0.4, -0.2) is 48.9 Å². The number of halogens is 3. The number of benzene rings is 2. The van der Waals surface area contributed by atoms with Gasteiger partial charge in [0.05, 0.1) is 28.2 Å². The van der Waals surface area contributed by atoms with Crippen LogP contribution in [0.2, 0.25) is 10.0 Å². The summed E-state index contributed by atoms with van der Waals surface area (Å²) < 4.78 is 0.908. The number of carbonyl (C=O) groups is 2. The van der Waals surface area contributed by atoms with Gasteiger partial charge < -0.3 is 4.90 Å². The monoisotopic (exact) mass is 481 g/mol. The molecule has 2 amide bonds. The molecule has 0 aromatic heterocycles. The maximum atomic E-state index is 12.9. The molecule has 2 heterocycles. The van der Waals surface area contributed by atoms with E-state index in [9.17, 15) is 9.59 Å². The van der Waals surface area contributed by atoms with Crippen LogP contribution in [0.1, 0.15) is 6.42 Å². The zero-order valence-corrected chi connectivity index (χ0v) is 18.0. The quantitative estimate of drug-likeness (QED) is 0.614. The van der Waals surface area contributed by atoms with E-state index in [-0.39, 0.29) is 18.2 Å². The van der Waals surface area contributed by atoms with Crippen molar-refractivity contribution in [3.8, 4) is 0 Å². The third-order valence-corrected chi connectivity index (χ3v) is 6.50. The minimum Gasteiger partial charge on any atom is -0.369 e. The van der Waals surface area contributed by atoms with Crippen molar-refractivity contribution < 1.29 is 9.59 Å². The highest BCUT2D eigenvalue weighted by Gasteiger charge is 2.43. The zero-order valence-electron chi connectivity index (χ0n) is 14.9. The second-order valence-electron chi connectivity index (χ2n) is 6.89. The molecule has 2 aromatic rings. The summed E-state index contributed by atoms with van der Waals surface area (Å²) in [6.07, 6.45) is 0.224. The summed E-state index contributed by atoms with van der Waals surface area (Å²) in [5.41, 5.74) is 1.63. The van der Waals surface area contributed by atoms with Crippen molar-refractivity contribution >= 4 is 62.3 Å². The first kappa shape index (κ1) is 19.7. The van der Waals surface area contributed by atoms with Gasteiger partial charge in [-0.1, -0.05) is 39.1 Å². The first-order valence-corrected chi connectivity index (χ1v) is 10.6. The highest BCUT2D eigenvalue weighted by molar-refractivity contribution is 9.10. The fraction of sp³-hybridized carbons (Fsp3) is 0.300. The number of hydrogen-bond acceptors (Lipinski definition) is 4. The van der Waals surface area contributed by atoms with Crippen molar-refractivity contribution in [2.24, 2.45) is 0 Å². The Balaban J connectivity index is 1.43. The lowest BCUT2D eigenvalue weighted by Crippen LogP contribution is -2.52. The summed E-state index contributed by atoms with van der Waals surface area (Å²) >= 11 is 15.5.